The SMILES string of the molecule is OC(CN1CCC(Cc2ccccc2)CC1)c1ccccc1. The summed E-state index contributed by atoms with van der Waals surface area (Å²) in [5, 5.41) is 10.3. The zero-order chi connectivity index (χ0) is 15.2. The number of rotatable bonds is 5. The highest BCUT2D eigenvalue weighted by Gasteiger charge is 2.21. The van der Waals surface area contributed by atoms with E-state index in [1.165, 1.54) is 24.8 Å². The molecule has 1 heterocycles. The molecule has 22 heavy (non-hydrogen) atoms. The van der Waals surface area contributed by atoms with Gasteiger partial charge in [-0.05, 0) is 49.4 Å². The molecule has 0 aromatic heterocycles. The number of piperidine rings is 1. The summed E-state index contributed by atoms with van der Waals surface area (Å²) < 4.78 is 0. The van der Waals surface area contributed by atoms with Crippen molar-refractivity contribution in [2.24, 2.45) is 5.92 Å². The Morgan fingerprint density at radius 3 is 2.14 bits per heavy atom. The van der Waals surface area contributed by atoms with Crippen molar-refractivity contribution in [1.29, 1.82) is 0 Å². The van der Waals surface area contributed by atoms with Gasteiger partial charge in [0.25, 0.3) is 0 Å². The molecule has 1 fully saturated rings. The highest BCUT2D eigenvalue weighted by Crippen LogP contribution is 2.23. The molecule has 0 radical (unpaired) electrons. The van der Waals surface area contributed by atoms with E-state index in [1.54, 1.807) is 0 Å². The minimum absolute atomic E-state index is 0.369. The standard InChI is InChI=1S/C20H25NO/c22-20(19-9-5-2-6-10-19)16-21-13-11-18(12-14-21)15-17-7-3-1-4-8-17/h1-10,18,20,22H,11-16H2. The van der Waals surface area contributed by atoms with Crippen LogP contribution in [0, 0.1) is 5.92 Å². The first-order chi connectivity index (χ1) is 10.8. The van der Waals surface area contributed by atoms with E-state index in [-0.39, 0.29) is 6.10 Å². The van der Waals surface area contributed by atoms with Gasteiger partial charge in [-0.3, -0.25) is 0 Å². The number of hydrogen-bond acceptors (Lipinski definition) is 2. The molecule has 1 unspecified atom stereocenters. The zero-order valence-electron chi connectivity index (χ0n) is 13.1. The lowest BCUT2D eigenvalue weighted by Gasteiger charge is -2.33. The molecule has 2 heteroatoms. The molecule has 0 spiro atoms. The van der Waals surface area contributed by atoms with Crippen LogP contribution in [0.25, 0.3) is 0 Å². The summed E-state index contributed by atoms with van der Waals surface area (Å²) in [7, 11) is 0. The lowest BCUT2D eigenvalue weighted by atomic mass is 9.90. The van der Waals surface area contributed by atoms with Gasteiger partial charge in [0.15, 0.2) is 0 Å². The lowest BCUT2D eigenvalue weighted by Crippen LogP contribution is -2.37. The average Bonchev–Trinajstić information content (AvgIpc) is 2.58. The maximum absolute atomic E-state index is 10.3. The molecule has 2 nitrogen and oxygen atoms in total. The first kappa shape index (κ1) is 15.3. The maximum Gasteiger partial charge on any atom is 0.0916 e. The van der Waals surface area contributed by atoms with E-state index in [0.29, 0.717) is 0 Å². The molecule has 3 rings (SSSR count). The van der Waals surface area contributed by atoms with E-state index in [4.69, 9.17) is 0 Å². The summed E-state index contributed by atoms with van der Waals surface area (Å²) in [5.74, 6) is 0.785. The van der Waals surface area contributed by atoms with Crippen molar-refractivity contribution in [3.05, 3.63) is 71.8 Å². The average molecular weight is 295 g/mol. The Morgan fingerprint density at radius 1 is 0.909 bits per heavy atom. The molecule has 0 aliphatic carbocycles. The number of β-amino-alcohol motifs (C(OH)–C–C–N with tert-alkyl or cyclic N) is 1. The third-order valence-electron chi connectivity index (χ3n) is 4.69. The van der Waals surface area contributed by atoms with Gasteiger partial charge < -0.3 is 10.0 Å². The van der Waals surface area contributed by atoms with Crippen molar-refractivity contribution < 1.29 is 5.11 Å². The molecule has 1 N–H and O–H groups in total. The summed E-state index contributed by atoms with van der Waals surface area (Å²) >= 11 is 0. The van der Waals surface area contributed by atoms with E-state index in [9.17, 15) is 5.11 Å². The molecule has 1 saturated heterocycles. The van der Waals surface area contributed by atoms with Crippen molar-refractivity contribution in [3.8, 4) is 0 Å². The topological polar surface area (TPSA) is 23.5 Å². The second-order valence-corrected chi connectivity index (χ2v) is 6.36. The zero-order valence-corrected chi connectivity index (χ0v) is 13.1. The Labute approximate surface area is 133 Å². The first-order valence-electron chi connectivity index (χ1n) is 8.30. The van der Waals surface area contributed by atoms with Crippen LogP contribution in [0.2, 0.25) is 0 Å². The molecule has 116 valence electrons. The Kier molecular flexibility index (Phi) is 5.25. The normalized spacial score (nSPS) is 18.2. The van der Waals surface area contributed by atoms with Gasteiger partial charge in [0.1, 0.15) is 0 Å². The number of benzene rings is 2. The smallest absolute Gasteiger partial charge is 0.0916 e. The summed E-state index contributed by atoms with van der Waals surface area (Å²) in [6, 6.07) is 20.8. The second kappa shape index (κ2) is 7.57. The van der Waals surface area contributed by atoms with E-state index >= 15 is 0 Å². The Bertz CT molecular complexity index is 546. The van der Waals surface area contributed by atoms with Gasteiger partial charge in [-0.15, -0.1) is 0 Å². The predicted molar refractivity (Wildman–Crippen MR) is 90.7 cm³/mol. The second-order valence-electron chi connectivity index (χ2n) is 6.36. The molecule has 0 amide bonds. The summed E-state index contributed by atoms with van der Waals surface area (Å²) in [5.41, 5.74) is 2.47. The van der Waals surface area contributed by atoms with E-state index < -0.39 is 0 Å². The van der Waals surface area contributed by atoms with E-state index in [1.807, 2.05) is 30.3 Å². The van der Waals surface area contributed by atoms with Crippen LogP contribution in [0.3, 0.4) is 0 Å². The molecule has 1 aliphatic heterocycles. The van der Waals surface area contributed by atoms with Crippen LogP contribution >= 0.6 is 0 Å². The largest absolute Gasteiger partial charge is 0.387 e. The van der Waals surface area contributed by atoms with Crippen molar-refractivity contribution in [2.45, 2.75) is 25.4 Å². The van der Waals surface area contributed by atoms with Crippen LogP contribution in [0.4, 0.5) is 0 Å². The number of hydrogen-bond donors (Lipinski definition) is 1. The van der Waals surface area contributed by atoms with Gasteiger partial charge in [-0.2, -0.15) is 0 Å². The predicted octanol–water partition coefficient (Wildman–Crippen LogP) is 3.67. The van der Waals surface area contributed by atoms with E-state index in [2.05, 4.69) is 35.2 Å². The molecular weight excluding hydrogens is 270 g/mol. The lowest BCUT2D eigenvalue weighted by molar-refractivity contribution is 0.0893. The summed E-state index contributed by atoms with van der Waals surface area (Å²) in [6.45, 7) is 2.95. The fraction of sp³-hybridized carbons (Fsp3) is 0.400. The summed E-state index contributed by atoms with van der Waals surface area (Å²) in [6.07, 6.45) is 3.29. The Balaban J connectivity index is 1.46. The molecular formula is C20H25NO. The number of aliphatic hydroxyl groups excluding tert-OH is 1. The molecule has 1 atom stereocenters. The molecule has 1 aliphatic rings. The molecule has 2 aromatic carbocycles. The van der Waals surface area contributed by atoms with Crippen LogP contribution < -0.4 is 0 Å². The van der Waals surface area contributed by atoms with Gasteiger partial charge in [0.05, 0.1) is 6.10 Å². The van der Waals surface area contributed by atoms with Crippen molar-refractivity contribution in [1.82, 2.24) is 4.90 Å². The van der Waals surface area contributed by atoms with Crippen LogP contribution in [0.1, 0.15) is 30.1 Å². The summed E-state index contributed by atoms with van der Waals surface area (Å²) in [4.78, 5) is 2.40. The highest BCUT2D eigenvalue weighted by atomic mass is 16.3. The van der Waals surface area contributed by atoms with Crippen LogP contribution in [0.15, 0.2) is 60.7 Å². The number of likely N-dealkylation sites (tertiary alicyclic amines) is 1. The monoisotopic (exact) mass is 295 g/mol. The Hall–Kier alpha value is -1.64. The minimum Gasteiger partial charge on any atom is -0.387 e. The Morgan fingerprint density at radius 2 is 1.50 bits per heavy atom. The minimum atomic E-state index is -0.369. The maximum atomic E-state index is 10.3. The molecule has 0 saturated carbocycles. The third-order valence-corrected chi connectivity index (χ3v) is 4.69. The van der Waals surface area contributed by atoms with Gasteiger partial charge in [-0.25, -0.2) is 0 Å². The quantitative estimate of drug-likeness (QED) is 0.909. The third kappa shape index (κ3) is 4.19. The molecule has 0 bridgehead atoms. The van der Waals surface area contributed by atoms with E-state index in [0.717, 1.165) is 31.1 Å². The van der Waals surface area contributed by atoms with Gasteiger partial charge in [0.2, 0.25) is 0 Å². The van der Waals surface area contributed by atoms with Gasteiger partial charge in [0, 0.05) is 6.54 Å². The fourth-order valence-corrected chi connectivity index (χ4v) is 3.35. The van der Waals surface area contributed by atoms with Gasteiger partial charge in [-0.1, -0.05) is 60.7 Å². The van der Waals surface area contributed by atoms with Crippen LogP contribution in [0.5, 0.6) is 0 Å². The van der Waals surface area contributed by atoms with Crippen molar-refractivity contribution in [3.63, 3.8) is 0 Å². The van der Waals surface area contributed by atoms with Gasteiger partial charge >= 0.3 is 0 Å². The fourth-order valence-electron chi connectivity index (χ4n) is 3.35. The first-order valence-corrected chi connectivity index (χ1v) is 8.30. The highest BCUT2D eigenvalue weighted by molar-refractivity contribution is 5.18. The van der Waals surface area contributed by atoms with Crippen molar-refractivity contribution >= 4 is 0 Å². The molecule has 2 aromatic rings. The van der Waals surface area contributed by atoms with Crippen molar-refractivity contribution in [2.75, 3.05) is 19.6 Å². The number of nitrogens with zero attached hydrogens (tertiary/aromatic N) is 1. The van der Waals surface area contributed by atoms with Crippen LogP contribution in [-0.2, 0) is 6.42 Å². The number of aliphatic hydroxyl groups is 1. The van der Waals surface area contributed by atoms with Crippen LogP contribution in [-0.4, -0.2) is 29.6 Å².